The standard InChI is InChI=1S/C25H30N4O3/c30-24(26-21-3-1-4-22(16-21)29-9-2-5-25(29)31)18-28-12-10-27(11-13-28)17-19-6-7-23-20(15-19)8-14-32-23/h1,3-4,6-7,15-16H,2,5,8-14,17-18H2,(H,26,30). The lowest BCUT2D eigenvalue weighted by Crippen LogP contribution is -2.48. The molecule has 3 aliphatic rings. The number of benzene rings is 2. The van der Waals surface area contributed by atoms with Gasteiger partial charge >= 0.3 is 0 Å². The number of nitrogens with zero attached hydrogens (tertiary/aromatic N) is 3. The molecule has 0 spiro atoms. The van der Waals surface area contributed by atoms with Gasteiger partial charge in [-0.1, -0.05) is 18.2 Å². The molecule has 3 heterocycles. The smallest absolute Gasteiger partial charge is 0.238 e. The largest absolute Gasteiger partial charge is 0.493 e. The average molecular weight is 435 g/mol. The van der Waals surface area contributed by atoms with Crippen molar-refractivity contribution >= 4 is 23.2 Å². The fourth-order valence-corrected chi connectivity index (χ4v) is 4.78. The maximum absolute atomic E-state index is 12.6. The zero-order valence-electron chi connectivity index (χ0n) is 18.4. The van der Waals surface area contributed by atoms with Crippen LogP contribution in [0.25, 0.3) is 0 Å². The third kappa shape index (κ3) is 4.79. The van der Waals surface area contributed by atoms with Crippen LogP contribution in [0.15, 0.2) is 42.5 Å². The van der Waals surface area contributed by atoms with Gasteiger partial charge in [0, 0.05) is 63.5 Å². The van der Waals surface area contributed by atoms with E-state index in [1.165, 1.54) is 11.1 Å². The molecule has 2 aromatic rings. The Morgan fingerprint density at radius 1 is 0.969 bits per heavy atom. The van der Waals surface area contributed by atoms with E-state index in [4.69, 9.17) is 4.74 Å². The molecule has 2 aromatic carbocycles. The summed E-state index contributed by atoms with van der Waals surface area (Å²) in [4.78, 5) is 31.0. The molecule has 0 unspecified atom stereocenters. The van der Waals surface area contributed by atoms with Gasteiger partial charge in [-0.15, -0.1) is 0 Å². The minimum Gasteiger partial charge on any atom is -0.493 e. The topological polar surface area (TPSA) is 65.1 Å². The third-order valence-electron chi connectivity index (χ3n) is 6.51. The van der Waals surface area contributed by atoms with E-state index in [1.54, 1.807) is 4.90 Å². The number of anilines is 2. The monoisotopic (exact) mass is 434 g/mol. The molecular formula is C25H30N4O3. The molecule has 0 aliphatic carbocycles. The molecule has 7 heteroatoms. The normalized spacial score (nSPS) is 19.1. The summed E-state index contributed by atoms with van der Waals surface area (Å²) >= 11 is 0. The van der Waals surface area contributed by atoms with E-state index in [9.17, 15) is 9.59 Å². The molecule has 2 amide bonds. The van der Waals surface area contributed by atoms with Gasteiger partial charge in [0.1, 0.15) is 5.75 Å². The number of piperazine rings is 1. The minimum atomic E-state index is -0.0121. The summed E-state index contributed by atoms with van der Waals surface area (Å²) in [6, 6.07) is 14.1. The van der Waals surface area contributed by atoms with Crippen molar-refractivity contribution < 1.29 is 14.3 Å². The molecule has 168 valence electrons. The quantitative estimate of drug-likeness (QED) is 0.757. The summed E-state index contributed by atoms with van der Waals surface area (Å²) in [6.07, 6.45) is 2.50. The van der Waals surface area contributed by atoms with Crippen molar-refractivity contribution in [2.45, 2.75) is 25.8 Å². The van der Waals surface area contributed by atoms with Gasteiger partial charge in [-0.2, -0.15) is 0 Å². The highest BCUT2D eigenvalue weighted by Gasteiger charge is 2.23. The zero-order chi connectivity index (χ0) is 21.9. The number of carbonyl (C=O) groups is 2. The predicted octanol–water partition coefficient (Wildman–Crippen LogP) is 2.50. The van der Waals surface area contributed by atoms with Gasteiger partial charge in [-0.25, -0.2) is 0 Å². The summed E-state index contributed by atoms with van der Waals surface area (Å²) in [6.45, 7) is 6.53. The number of amides is 2. The molecule has 3 aliphatic heterocycles. The van der Waals surface area contributed by atoms with E-state index in [0.717, 1.165) is 75.8 Å². The summed E-state index contributed by atoms with van der Waals surface area (Å²) in [5, 5.41) is 3.00. The van der Waals surface area contributed by atoms with Crippen molar-refractivity contribution in [1.82, 2.24) is 9.80 Å². The Balaban J connectivity index is 1.09. The van der Waals surface area contributed by atoms with Gasteiger partial charge in [0.25, 0.3) is 0 Å². The number of hydrogen-bond acceptors (Lipinski definition) is 5. The van der Waals surface area contributed by atoms with Crippen LogP contribution in [-0.2, 0) is 22.6 Å². The SMILES string of the molecule is O=C(CN1CCN(Cc2ccc3c(c2)CCO3)CC1)Nc1cccc(N2CCCC2=O)c1. The molecular weight excluding hydrogens is 404 g/mol. The van der Waals surface area contributed by atoms with E-state index in [1.807, 2.05) is 24.3 Å². The van der Waals surface area contributed by atoms with Crippen molar-refractivity contribution in [2.75, 3.05) is 56.1 Å². The van der Waals surface area contributed by atoms with Gasteiger partial charge in [-0.05, 0) is 41.8 Å². The Morgan fingerprint density at radius 3 is 2.62 bits per heavy atom. The maximum atomic E-state index is 12.6. The first-order chi connectivity index (χ1) is 15.6. The highest BCUT2D eigenvalue weighted by Crippen LogP contribution is 2.27. The summed E-state index contributed by atoms with van der Waals surface area (Å²) in [7, 11) is 0. The molecule has 2 saturated heterocycles. The van der Waals surface area contributed by atoms with Crippen molar-refractivity contribution in [3.05, 3.63) is 53.6 Å². The number of rotatable bonds is 6. The molecule has 0 radical (unpaired) electrons. The van der Waals surface area contributed by atoms with Gasteiger partial charge in [-0.3, -0.25) is 19.4 Å². The number of ether oxygens (including phenoxy) is 1. The number of fused-ring (bicyclic) bond motifs is 1. The first-order valence-corrected chi connectivity index (χ1v) is 11.5. The summed E-state index contributed by atoms with van der Waals surface area (Å²) in [5.74, 6) is 1.17. The molecule has 0 aromatic heterocycles. The van der Waals surface area contributed by atoms with E-state index in [0.29, 0.717) is 13.0 Å². The number of hydrogen-bond donors (Lipinski definition) is 1. The van der Waals surface area contributed by atoms with Crippen LogP contribution < -0.4 is 15.0 Å². The second-order valence-corrected chi connectivity index (χ2v) is 8.84. The highest BCUT2D eigenvalue weighted by molar-refractivity contribution is 5.97. The number of nitrogens with one attached hydrogen (secondary N) is 1. The van der Waals surface area contributed by atoms with Gasteiger partial charge in [0.2, 0.25) is 11.8 Å². The lowest BCUT2D eigenvalue weighted by atomic mass is 10.1. The van der Waals surface area contributed by atoms with Crippen molar-refractivity contribution in [3.63, 3.8) is 0 Å². The van der Waals surface area contributed by atoms with E-state index >= 15 is 0 Å². The Kier molecular flexibility index (Phi) is 6.10. The van der Waals surface area contributed by atoms with Crippen LogP contribution in [0, 0.1) is 0 Å². The molecule has 1 N–H and O–H groups in total. The van der Waals surface area contributed by atoms with E-state index < -0.39 is 0 Å². The first-order valence-electron chi connectivity index (χ1n) is 11.5. The third-order valence-corrected chi connectivity index (χ3v) is 6.51. The molecule has 0 atom stereocenters. The zero-order valence-corrected chi connectivity index (χ0v) is 18.4. The number of carbonyl (C=O) groups excluding carboxylic acids is 2. The van der Waals surface area contributed by atoms with Crippen LogP contribution in [0.4, 0.5) is 11.4 Å². The molecule has 0 saturated carbocycles. The van der Waals surface area contributed by atoms with Crippen LogP contribution in [0.3, 0.4) is 0 Å². The fraction of sp³-hybridized carbons (Fsp3) is 0.440. The van der Waals surface area contributed by atoms with E-state index in [2.05, 4.69) is 33.3 Å². The van der Waals surface area contributed by atoms with Crippen LogP contribution >= 0.6 is 0 Å². The second-order valence-electron chi connectivity index (χ2n) is 8.84. The van der Waals surface area contributed by atoms with Crippen molar-refractivity contribution in [1.29, 1.82) is 0 Å². The van der Waals surface area contributed by atoms with Crippen molar-refractivity contribution in [2.24, 2.45) is 0 Å². The molecule has 7 nitrogen and oxygen atoms in total. The van der Waals surface area contributed by atoms with Crippen LogP contribution in [-0.4, -0.2) is 67.5 Å². The predicted molar refractivity (Wildman–Crippen MR) is 124 cm³/mol. The van der Waals surface area contributed by atoms with Gasteiger partial charge < -0.3 is 15.0 Å². The lowest BCUT2D eigenvalue weighted by molar-refractivity contribution is -0.118. The highest BCUT2D eigenvalue weighted by atomic mass is 16.5. The second kappa shape index (κ2) is 9.30. The minimum absolute atomic E-state index is 0.0121. The first kappa shape index (κ1) is 21.0. The van der Waals surface area contributed by atoms with Crippen LogP contribution in [0.5, 0.6) is 5.75 Å². The Hall–Kier alpha value is -2.90. The molecule has 0 bridgehead atoms. The fourth-order valence-electron chi connectivity index (χ4n) is 4.78. The van der Waals surface area contributed by atoms with Crippen molar-refractivity contribution in [3.8, 4) is 5.75 Å². The Labute approximate surface area is 188 Å². The lowest BCUT2D eigenvalue weighted by Gasteiger charge is -2.34. The van der Waals surface area contributed by atoms with Crippen LogP contribution in [0.1, 0.15) is 24.0 Å². The maximum Gasteiger partial charge on any atom is 0.238 e. The summed E-state index contributed by atoms with van der Waals surface area (Å²) < 4.78 is 5.60. The molecule has 32 heavy (non-hydrogen) atoms. The molecule has 2 fully saturated rings. The average Bonchev–Trinajstić information content (AvgIpc) is 3.43. The summed E-state index contributed by atoms with van der Waals surface area (Å²) in [5.41, 5.74) is 4.25. The Morgan fingerprint density at radius 2 is 1.81 bits per heavy atom. The molecule has 5 rings (SSSR count). The Bertz CT molecular complexity index is 1000. The van der Waals surface area contributed by atoms with E-state index in [-0.39, 0.29) is 11.8 Å². The van der Waals surface area contributed by atoms with Crippen LogP contribution in [0.2, 0.25) is 0 Å². The van der Waals surface area contributed by atoms with Gasteiger partial charge in [0.05, 0.1) is 13.2 Å². The van der Waals surface area contributed by atoms with Gasteiger partial charge in [0.15, 0.2) is 0 Å².